The Morgan fingerprint density at radius 3 is 2.89 bits per heavy atom. The highest BCUT2D eigenvalue weighted by atomic mass is 16.5. The lowest BCUT2D eigenvalue weighted by molar-refractivity contribution is -0.185. The third-order valence-corrected chi connectivity index (χ3v) is 5.66. The fraction of sp³-hybridized carbons (Fsp3) is 0.929. The zero-order valence-corrected chi connectivity index (χ0v) is 11.8. The van der Waals surface area contributed by atoms with Gasteiger partial charge in [-0.1, -0.05) is 13.8 Å². The quantitative estimate of drug-likeness (QED) is 0.745. The number of ether oxygens (including phenoxy) is 1. The normalized spacial score (nSPS) is 44.0. The Morgan fingerprint density at radius 1 is 1.47 bits per heavy atom. The summed E-state index contributed by atoms with van der Waals surface area (Å²) in [4.78, 5) is 14.7. The SMILES string of the molecule is CC1(C)C2OCCC2C1(N)C(=O)N1CCCC1CO. The smallest absolute Gasteiger partial charge is 0.244 e. The Kier molecular flexibility index (Phi) is 2.93. The van der Waals surface area contributed by atoms with E-state index in [2.05, 4.69) is 0 Å². The Labute approximate surface area is 114 Å². The van der Waals surface area contributed by atoms with Crippen molar-refractivity contribution in [2.24, 2.45) is 17.1 Å². The van der Waals surface area contributed by atoms with E-state index in [1.54, 1.807) is 4.90 Å². The summed E-state index contributed by atoms with van der Waals surface area (Å²) in [6, 6.07) is -0.0508. The van der Waals surface area contributed by atoms with Gasteiger partial charge in [-0.2, -0.15) is 0 Å². The lowest BCUT2D eigenvalue weighted by Crippen LogP contribution is -2.80. The van der Waals surface area contributed by atoms with Crippen molar-refractivity contribution < 1.29 is 14.6 Å². The second-order valence-electron chi connectivity index (χ2n) is 6.75. The average molecular weight is 268 g/mol. The molecule has 0 aromatic heterocycles. The first-order chi connectivity index (χ1) is 8.94. The maximum absolute atomic E-state index is 12.9. The highest BCUT2D eigenvalue weighted by Crippen LogP contribution is 2.59. The standard InChI is InChI=1S/C14H24N2O3/c1-13(2)11-10(5-7-19-11)14(13,15)12(18)16-6-3-4-9(16)8-17/h9-11,17H,3-8,15H2,1-2H3. The van der Waals surface area contributed by atoms with Crippen LogP contribution in [-0.2, 0) is 9.53 Å². The minimum Gasteiger partial charge on any atom is -0.394 e. The van der Waals surface area contributed by atoms with E-state index >= 15 is 0 Å². The van der Waals surface area contributed by atoms with E-state index in [4.69, 9.17) is 10.5 Å². The molecule has 2 saturated heterocycles. The first kappa shape index (κ1) is 13.3. The lowest BCUT2D eigenvalue weighted by Gasteiger charge is -2.61. The van der Waals surface area contributed by atoms with Gasteiger partial charge in [-0.05, 0) is 19.3 Å². The Balaban J connectivity index is 1.86. The number of aliphatic hydroxyl groups excluding tert-OH is 1. The van der Waals surface area contributed by atoms with Crippen molar-refractivity contribution in [2.45, 2.75) is 50.8 Å². The van der Waals surface area contributed by atoms with Crippen LogP contribution in [0, 0.1) is 11.3 Å². The summed E-state index contributed by atoms with van der Waals surface area (Å²) in [5.74, 6) is 0.149. The molecule has 0 aromatic carbocycles. The highest BCUT2D eigenvalue weighted by Gasteiger charge is 2.72. The van der Waals surface area contributed by atoms with Crippen LogP contribution in [0.1, 0.15) is 33.1 Å². The van der Waals surface area contributed by atoms with Gasteiger partial charge in [0.05, 0.1) is 18.8 Å². The van der Waals surface area contributed by atoms with Crippen molar-refractivity contribution in [1.29, 1.82) is 0 Å². The van der Waals surface area contributed by atoms with Crippen LogP contribution in [0.4, 0.5) is 0 Å². The van der Waals surface area contributed by atoms with E-state index in [-0.39, 0.29) is 36.0 Å². The maximum atomic E-state index is 12.9. The molecule has 0 spiro atoms. The van der Waals surface area contributed by atoms with Crippen molar-refractivity contribution in [3.05, 3.63) is 0 Å². The van der Waals surface area contributed by atoms with Gasteiger partial charge in [0.1, 0.15) is 5.54 Å². The number of carbonyl (C=O) groups is 1. The number of fused-ring (bicyclic) bond motifs is 1. The molecule has 0 radical (unpaired) electrons. The molecule has 3 aliphatic rings. The molecule has 1 amide bonds. The van der Waals surface area contributed by atoms with Gasteiger partial charge in [-0.3, -0.25) is 4.79 Å². The molecule has 1 aliphatic carbocycles. The van der Waals surface area contributed by atoms with Gasteiger partial charge < -0.3 is 20.5 Å². The van der Waals surface area contributed by atoms with Crippen LogP contribution in [0.5, 0.6) is 0 Å². The molecule has 3 fully saturated rings. The van der Waals surface area contributed by atoms with Crippen LogP contribution in [-0.4, -0.2) is 53.4 Å². The molecule has 2 aliphatic heterocycles. The summed E-state index contributed by atoms with van der Waals surface area (Å²) in [6.45, 7) is 5.52. The lowest BCUT2D eigenvalue weighted by atomic mass is 9.47. The molecule has 5 nitrogen and oxygen atoms in total. The van der Waals surface area contributed by atoms with E-state index in [1.807, 2.05) is 13.8 Å². The summed E-state index contributed by atoms with van der Waals surface area (Å²) in [5, 5.41) is 9.40. The van der Waals surface area contributed by atoms with E-state index in [0.717, 1.165) is 25.8 Å². The van der Waals surface area contributed by atoms with Crippen LogP contribution in [0.2, 0.25) is 0 Å². The summed E-state index contributed by atoms with van der Waals surface area (Å²) in [7, 11) is 0. The van der Waals surface area contributed by atoms with Crippen LogP contribution in [0.3, 0.4) is 0 Å². The number of likely N-dealkylation sites (tertiary alicyclic amines) is 1. The molecule has 5 heteroatoms. The zero-order chi connectivity index (χ0) is 13.8. The third kappa shape index (κ3) is 1.49. The van der Waals surface area contributed by atoms with Crippen molar-refractivity contribution in [1.82, 2.24) is 4.90 Å². The first-order valence-electron chi connectivity index (χ1n) is 7.27. The van der Waals surface area contributed by atoms with Gasteiger partial charge in [0, 0.05) is 24.5 Å². The van der Waals surface area contributed by atoms with Gasteiger partial charge in [0.15, 0.2) is 0 Å². The topological polar surface area (TPSA) is 75.8 Å². The molecule has 0 bridgehead atoms. The summed E-state index contributed by atoms with van der Waals surface area (Å²) >= 11 is 0. The van der Waals surface area contributed by atoms with Crippen LogP contribution in [0.25, 0.3) is 0 Å². The number of amides is 1. The van der Waals surface area contributed by atoms with Gasteiger partial charge in [0.2, 0.25) is 5.91 Å². The summed E-state index contributed by atoms with van der Waals surface area (Å²) < 4.78 is 5.73. The van der Waals surface area contributed by atoms with Crippen LogP contribution < -0.4 is 5.73 Å². The van der Waals surface area contributed by atoms with Crippen LogP contribution >= 0.6 is 0 Å². The monoisotopic (exact) mass is 268 g/mol. The Morgan fingerprint density at radius 2 is 2.21 bits per heavy atom. The van der Waals surface area contributed by atoms with E-state index in [1.165, 1.54) is 0 Å². The second kappa shape index (κ2) is 4.17. The number of carbonyl (C=O) groups excluding carboxylic acids is 1. The molecule has 4 atom stereocenters. The van der Waals surface area contributed by atoms with E-state index in [0.29, 0.717) is 6.61 Å². The number of hydrogen-bond donors (Lipinski definition) is 2. The number of rotatable bonds is 2. The molecule has 1 saturated carbocycles. The fourth-order valence-electron chi connectivity index (χ4n) is 4.35. The third-order valence-electron chi connectivity index (χ3n) is 5.66. The van der Waals surface area contributed by atoms with Crippen LogP contribution in [0.15, 0.2) is 0 Å². The predicted molar refractivity (Wildman–Crippen MR) is 70.4 cm³/mol. The minimum atomic E-state index is -0.827. The number of nitrogens with zero attached hydrogens (tertiary/aromatic N) is 1. The first-order valence-corrected chi connectivity index (χ1v) is 7.27. The predicted octanol–water partition coefficient (Wildman–Crippen LogP) is 0.112. The van der Waals surface area contributed by atoms with Gasteiger partial charge >= 0.3 is 0 Å². The molecular formula is C14H24N2O3. The maximum Gasteiger partial charge on any atom is 0.244 e. The Hall–Kier alpha value is -0.650. The average Bonchev–Trinajstić information content (AvgIpc) is 3.04. The molecular weight excluding hydrogens is 244 g/mol. The van der Waals surface area contributed by atoms with Crippen molar-refractivity contribution in [2.75, 3.05) is 19.8 Å². The molecule has 108 valence electrons. The van der Waals surface area contributed by atoms with Crippen molar-refractivity contribution >= 4 is 5.91 Å². The summed E-state index contributed by atoms with van der Waals surface area (Å²) in [6.07, 6.45) is 2.81. The van der Waals surface area contributed by atoms with E-state index in [9.17, 15) is 9.90 Å². The number of nitrogens with two attached hydrogens (primary N) is 1. The number of hydrogen-bond acceptors (Lipinski definition) is 4. The second-order valence-corrected chi connectivity index (χ2v) is 6.75. The van der Waals surface area contributed by atoms with Gasteiger partial charge in [0.25, 0.3) is 0 Å². The largest absolute Gasteiger partial charge is 0.394 e. The fourth-order valence-corrected chi connectivity index (χ4v) is 4.35. The molecule has 0 aromatic rings. The molecule has 19 heavy (non-hydrogen) atoms. The van der Waals surface area contributed by atoms with Crippen molar-refractivity contribution in [3.63, 3.8) is 0 Å². The number of aliphatic hydroxyl groups is 1. The molecule has 3 rings (SSSR count). The van der Waals surface area contributed by atoms with E-state index < -0.39 is 5.54 Å². The molecule has 2 heterocycles. The molecule has 4 unspecified atom stereocenters. The minimum absolute atomic E-state index is 0.0146. The van der Waals surface area contributed by atoms with Gasteiger partial charge in [-0.25, -0.2) is 0 Å². The Bertz CT molecular complexity index is 398. The summed E-state index contributed by atoms with van der Waals surface area (Å²) in [5.41, 5.74) is 5.40. The van der Waals surface area contributed by atoms with Gasteiger partial charge in [-0.15, -0.1) is 0 Å². The zero-order valence-electron chi connectivity index (χ0n) is 11.8. The highest BCUT2D eigenvalue weighted by molar-refractivity contribution is 5.90. The van der Waals surface area contributed by atoms with Crippen molar-refractivity contribution in [3.8, 4) is 0 Å². The molecule has 3 N–H and O–H groups in total.